The zero-order valence-electron chi connectivity index (χ0n) is 10.3. The van der Waals surface area contributed by atoms with Gasteiger partial charge >= 0.3 is 0 Å². The lowest BCUT2D eigenvalue weighted by atomic mass is 10.2. The molecule has 2 aromatic heterocycles. The molecule has 5 nitrogen and oxygen atoms in total. The van der Waals surface area contributed by atoms with Gasteiger partial charge in [0, 0.05) is 31.2 Å². The Hall–Kier alpha value is -1.95. The van der Waals surface area contributed by atoms with Gasteiger partial charge in [0.25, 0.3) is 5.91 Å². The molecule has 2 heterocycles. The number of nitrogens with one attached hydrogen (secondary N) is 1. The van der Waals surface area contributed by atoms with Gasteiger partial charge in [-0.1, -0.05) is 0 Å². The molecule has 0 saturated heterocycles. The maximum absolute atomic E-state index is 12.2. The Balaban J connectivity index is 2.10. The van der Waals surface area contributed by atoms with E-state index in [-0.39, 0.29) is 5.91 Å². The van der Waals surface area contributed by atoms with Crippen LogP contribution in [0.4, 0.5) is 5.82 Å². The number of carbonyl (C=O) groups is 1. The minimum atomic E-state index is -0.0399. The number of anilines is 1. The number of pyridine rings is 1. The van der Waals surface area contributed by atoms with Gasteiger partial charge < -0.3 is 10.2 Å². The van der Waals surface area contributed by atoms with Crippen LogP contribution in [0, 0.1) is 0 Å². The predicted octanol–water partition coefficient (Wildman–Crippen LogP) is 1.85. The number of hydrogen-bond donors (Lipinski definition) is 1. The van der Waals surface area contributed by atoms with Crippen LogP contribution in [-0.4, -0.2) is 34.9 Å². The Bertz CT molecular complexity index is 527. The summed E-state index contributed by atoms with van der Waals surface area (Å²) >= 11 is 1.53. The van der Waals surface area contributed by atoms with Crippen molar-refractivity contribution in [2.24, 2.45) is 0 Å². The molecule has 0 aliphatic carbocycles. The highest BCUT2D eigenvalue weighted by molar-refractivity contribution is 7.07. The van der Waals surface area contributed by atoms with Gasteiger partial charge in [-0.05, 0) is 12.1 Å². The number of hydrogen-bond acceptors (Lipinski definition) is 5. The fourth-order valence-corrected chi connectivity index (χ4v) is 2.10. The van der Waals surface area contributed by atoms with Crippen molar-refractivity contribution < 1.29 is 4.79 Å². The molecule has 0 radical (unpaired) electrons. The molecule has 0 spiro atoms. The van der Waals surface area contributed by atoms with Gasteiger partial charge in [0.05, 0.1) is 17.7 Å². The molecule has 1 N–H and O–H groups in total. The van der Waals surface area contributed by atoms with E-state index in [2.05, 4.69) is 15.3 Å². The highest BCUT2D eigenvalue weighted by Gasteiger charge is 2.13. The Labute approximate surface area is 109 Å². The average molecular weight is 262 g/mol. The minimum absolute atomic E-state index is 0.0399. The van der Waals surface area contributed by atoms with Crippen LogP contribution in [0.5, 0.6) is 0 Å². The zero-order valence-corrected chi connectivity index (χ0v) is 11.1. The molecule has 6 heteroatoms. The standard InChI is InChI=1S/C12H14N4OS/c1-13-11-5-9(3-4-14-11)12(17)16(2)6-10-7-18-8-15-10/h3-5,7-8H,6H2,1-2H3,(H,13,14). The molecule has 0 aromatic carbocycles. The topological polar surface area (TPSA) is 58.1 Å². The third-order valence-electron chi connectivity index (χ3n) is 2.49. The van der Waals surface area contributed by atoms with Gasteiger partial charge in [-0.25, -0.2) is 9.97 Å². The summed E-state index contributed by atoms with van der Waals surface area (Å²) in [4.78, 5) is 22.1. The second kappa shape index (κ2) is 5.59. The molecule has 0 aliphatic rings. The van der Waals surface area contributed by atoms with Crippen LogP contribution in [-0.2, 0) is 6.54 Å². The van der Waals surface area contributed by atoms with Crippen LogP contribution in [0.25, 0.3) is 0 Å². The SMILES string of the molecule is CNc1cc(C(=O)N(C)Cc2cscn2)ccn1. The Morgan fingerprint density at radius 3 is 3.00 bits per heavy atom. The lowest BCUT2D eigenvalue weighted by Crippen LogP contribution is -2.26. The van der Waals surface area contributed by atoms with Crippen LogP contribution in [0.1, 0.15) is 16.1 Å². The first kappa shape index (κ1) is 12.5. The molecule has 0 unspecified atom stereocenters. The van der Waals surface area contributed by atoms with E-state index in [1.807, 2.05) is 5.38 Å². The highest BCUT2D eigenvalue weighted by Crippen LogP contribution is 2.11. The molecule has 94 valence electrons. The van der Waals surface area contributed by atoms with Crippen molar-refractivity contribution in [2.75, 3.05) is 19.4 Å². The first-order valence-electron chi connectivity index (χ1n) is 5.47. The van der Waals surface area contributed by atoms with Crippen LogP contribution in [0.15, 0.2) is 29.2 Å². The van der Waals surface area contributed by atoms with E-state index in [9.17, 15) is 4.79 Å². The van der Waals surface area contributed by atoms with Gasteiger partial charge in [-0.15, -0.1) is 11.3 Å². The van der Waals surface area contributed by atoms with Crippen LogP contribution < -0.4 is 5.32 Å². The van der Waals surface area contributed by atoms with E-state index in [0.717, 1.165) is 5.69 Å². The van der Waals surface area contributed by atoms with Gasteiger partial charge in [0.2, 0.25) is 0 Å². The van der Waals surface area contributed by atoms with Crippen LogP contribution in [0.3, 0.4) is 0 Å². The lowest BCUT2D eigenvalue weighted by Gasteiger charge is -2.16. The number of nitrogens with zero attached hydrogens (tertiary/aromatic N) is 3. The molecule has 2 rings (SSSR count). The first-order chi connectivity index (χ1) is 8.70. The molecule has 2 aromatic rings. The van der Waals surface area contributed by atoms with Crippen molar-refractivity contribution >= 4 is 23.1 Å². The highest BCUT2D eigenvalue weighted by atomic mass is 32.1. The van der Waals surface area contributed by atoms with Crippen molar-refractivity contribution in [3.8, 4) is 0 Å². The van der Waals surface area contributed by atoms with Gasteiger partial charge in [0.15, 0.2) is 0 Å². The predicted molar refractivity (Wildman–Crippen MR) is 71.7 cm³/mol. The smallest absolute Gasteiger partial charge is 0.254 e. The Kier molecular flexibility index (Phi) is 3.88. The number of aromatic nitrogens is 2. The fraction of sp³-hybridized carbons (Fsp3) is 0.250. The van der Waals surface area contributed by atoms with Gasteiger partial charge in [0.1, 0.15) is 5.82 Å². The minimum Gasteiger partial charge on any atom is -0.373 e. The number of rotatable bonds is 4. The van der Waals surface area contributed by atoms with Crippen molar-refractivity contribution in [1.82, 2.24) is 14.9 Å². The second-order valence-electron chi connectivity index (χ2n) is 3.82. The third kappa shape index (κ3) is 2.84. The van der Waals surface area contributed by atoms with Gasteiger partial charge in [-0.2, -0.15) is 0 Å². The summed E-state index contributed by atoms with van der Waals surface area (Å²) in [6.45, 7) is 0.513. The molecule has 0 aliphatic heterocycles. The van der Waals surface area contributed by atoms with Crippen molar-refractivity contribution in [3.05, 3.63) is 40.5 Å². The maximum atomic E-state index is 12.2. The van der Waals surface area contributed by atoms with Crippen molar-refractivity contribution in [1.29, 1.82) is 0 Å². The lowest BCUT2D eigenvalue weighted by molar-refractivity contribution is 0.0783. The van der Waals surface area contributed by atoms with Crippen molar-refractivity contribution in [2.45, 2.75) is 6.54 Å². The molecular weight excluding hydrogens is 248 g/mol. The fourth-order valence-electron chi connectivity index (χ4n) is 1.55. The molecule has 0 saturated carbocycles. The Morgan fingerprint density at radius 1 is 1.50 bits per heavy atom. The summed E-state index contributed by atoms with van der Waals surface area (Å²) in [6.07, 6.45) is 1.62. The van der Waals surface area contributed by atoms with E-state index in [1.165, 1.54) is 11.3 Å². The second-order valence-corrected chi connectivity index (χ2v) is 4.54. The van der Waals surface area contributed by atoms with E-state index >= 15 is 0 Å². The largest absolute Gasteiger partial charge is 0.373 e. The van der Waals surface area contributed by atoms with Crippen molar-refractivity contribution in [3.63, 3.8) is 0 Å². The quantitative estimate of drug-likeness (QED) is 0.913. The first-order valence-corrected chi connectivity index (χ1v) is 6.41. The maximum Gasteiger partial charge on any atom is 0.254 e. The summed E-state index contributed by atoms with van der Waals surface area (Å²) in [5.74, 6) is 0.643. The molecule has 0 fully saturated rings. The summed E-state index contributed by atoms with van der Waals surface area (Å²) in [5, 5.41) is 4.85. The van der Waals surface area contributed by atoms with Crippen LogP contribution >= 0.6 is 11.3 Å². The number of amides is 1. The van der Waals surface area contributed by atoms with E-state index in [1.54, 1.807) is 42.8 Å². The number of carbonyl (C=O) groups excluding carboxylic acids is 1. The molecule has 1 amide bonds. The van der Waals surface area contributed by atoms with E-state index in [0.29, 0.717) is 17.9 Å². The van der Waals surface area contributed by atoms with Gasteiger partial charge in [-0.3, -0.25) is 4.79 Å². The molecular formula is C12H14N4OS. The molecule has 18 heavy (non-hydrogen) atoms. The summed E-state index contributed by atoms with van der Waals surface area (Å²) in [7, 11) is 3.54. The Morgan fingerprint density at radius 2 is 2.33 bits per heavy atom. The van der Waals surface area contributed by atoms with Crippen LogP contribution in [0.2, 0.25) is 0 Å². The molecule has 0 atom stereocenters. The third-order valence-corrected chi connectivity index (χ3v) is 3.13. The summed E-state index contributed by atoms with van der Waals surface area (Å²) in [5.41, 5.74) is 3.28. The molecule has 0 bridgehead atoms. The summed E-state index contributed by atoms with van der Waals surface area (Å²) in [6, 6.07) is 3.45. The normalized spacial score (nSPS) is 10.1. The monoisotopic (exact) mass is 262 g/mol. The average Bonchev–Trinajstić information content (AvgIpc) is 2.90. The zero-order chi connectivity index (χ0) is 13.0. The summed E-state index contributed by atoms with van der Waals surface area (Å²) < 4.78 is 0. The van der Waals surface area contributed by atoms with E-state index in [4.69, 9.17) is 0 Å². The number of thiazole rings is 1. The van der Waals surface area contributed by atoms with E-state index < -0.39 is 0 Å².